The molecule has 0 saturated heterocycles. The van der Waals surface area contributed by atoms with Gasteiger partial charge in [0.1, 0.15) is 0 Å². The summed E-state index contributed by atoms with van der Waals surface area (Å²) < 4.78 is 28.3. The van der Waals surface area contributed by atoms with Gasteiger partial charge in [-0.05, 0) is 53.8 Å². The van der Waals surface area contributed by atoms with Gasteiger partial charge in [0.15, 0.2) is 0 Å². The Morgan fingerprint density at radius 3 is 2.27 bits per heavy atom. The third kappa shape index (κ3) is 3.63. The second-order valence-corrected chi connectivity index (χ2v) is 9.27. The molecule has 0 aliphatic heterocycles. The van der Waals surface area contributed by atoms with Gasteiger partial charge in [0.2, 0.25) is 0 Å². The number of nitrogens with zero attached hydrogens (tertiary/aromatic N) is 1. The highest BCUT2D eigenvalue weighted by Crippen LogP contribution is 2.28. The van der Waals surface area contributed by atoms with Crippen molar-refractivity contribution in [3.63, 3.8) is 0 Å². The Morgan fingerprint density at radius 1 is 0.962 bits per heavy atom. The van der Waals surface area contributed by atoms with E-state index in [0.29, 0.717) is 23.0 Å². The van der Waals surface area contributed by atoms with Crippen molar-refractivity contribution in [3.8, 4) is 0 Å². The van der Waals surface area contributed by atoms with Crippen LogP contribution in [-0.2, 0) is 10.0 Å². The van der Waals surface area contributed by atoms with Crippen molar-refractivity contribution < 1.29 is 8.42 Å². The fourth-order valence-corrected chi connectivity index (χ4v) is 4.68. The Hall–Kier alpha value is -2.27. The molecule has 0 aliphatic rings. The lowest BCUT2D eigenvalue weighted by molar-refractivity contribution is 0.578. The predicted molar refractivity (Wildman–Crippen MR) is 108 cm³/mol. The van der Waals surface area contributed by atoms with E-state index in [1.54, 1.807) is 12.1 Å². The Bertz CT molecular complexity index is 986. The molecule has 0 radical (unpaired) electrons. The predicted octanol–water partition coefficient (Wildman–Crippen LogP) is 5.14. The lowest BCUT2D eigenvalue weighted by atomic mass is 10.0. The molecule has 0 aliphatic carbocycles. The summed E-state index contributed by atoms with van der Waals surface area (Å²) >= 11 is 0. The fourth-order valence-electron chi connectivity index (χ4n) is 3.02. The van der Waals surface area contributed by atoms with Crippen LogP contribution >= 0.6 is 0 Å². The summed E-state index contributed by atoms with van der Waals surface area (Å²) in [5, 5.41) is 0.894. The standard InChI is InChI=1S/C21H26N2O2S/c1-15(2)14-23(19-7-5-17(6-8-19)16(3)4)26(24,25)20-9-10-21-18(13-20)11-12-22-21/h5-13,15-16,22H,14H2,1-4H3. The molecule has 0 saturated carbocycles. The average molecular weight is 371 g/mol. The average Bonchev–Trinajstić information content (AvgIpc) is 3.07. The van der Waals surface area contributed by atoms with Crippen LogP contribution < -0.4 is 4.31 Å². The monoisotopic (exact) mass is 370 g/mol. The summed E-state index contributed by atoms with van der Waals surface area (Å²) in [6.45, 7) is 8.75. The van der Waals surface area contributed by atoms with Gasteiger partial charge in [-0.15, -0.1) is 0 Å². The highest BCUT2D eigenvalue weighted by Gasteiger charge is 2.26. The van der Waals surface area contributed by atoms with Gasteiger partial charge >= 0.3 is 0 Å². The molecular weight excluding hydrogens is 344 g/mol. The van der Waals surface area contributed by atoms with Gasteiger partial charge in [0.05, 0.1) is 10.6 Å². The van der Waals surface area contributed by atoms with Crippen LogP contribution in [0.3, 0.4) is 0 Å². The molecule has 5 heteroatoms. The number of aromatic amines is 1. The van der Waals surface area contributed by atoms with Crippen LogP contribution in [0, 0.1) is 5.92 Å². The molecule has 2 aromatic carbocycles. The summed E-state index contributed by atoms with van der Waals surface area (Å²) in [7, 11) is -3.63. The van der Waals surface area contributed by atoms with Crippen LogP contribution in [0.4, 0.5) is 5.69 Å². The maximum atomic E-state index is 13.4. The van der Waals surface area contributed by atoms with Crippen molar-refractivity contribution in [1.82, 2.24) is 4.98 Å². The van der Waals surface area contributed by atoms with Crippen molar-refractivity contribution in [2.45, 2.75) is 38.5 Å². The van der Waals surface area contributed by atoms with Crippen LogP contribution in [0.15, 0.2) is 59.6 Å². The normalized spacial score (nSPS) is 12.2. The quantitative estimate of drug-likeness (QED) is 0.653. The van der Waals surface area contributed by atoms with Gasteiger partial charge in [0, 0.05) is 23.6 Å². The second-order valence-electron chi connectivity index (χ2n) is 7.40. The molecule has 1 heterocycles. The topological polar surface area (TPSA) is 53.2 Å². The van der Waals surface area contributed by atoms with Crippen molar-refractivity contribution in [2.75, 3.05) is 10.8 Å². The third-order valence-electron chi connectivity index (χ3n) is 4.49. The van der Waals surface area contributed by atoms with Crippen LogP contribution in [0.2, 0.25) is 0 Å². The molecule has 0 spiro atoms. The Labute approximate surface area is 155 Å². The summed E-state index contributed by atoms with van der Waals surface area (Å²) in [6, 6.07) is 14.9. The minimum atomic E-state index is -3.63. The number of hydrogen-bond donors (Lipinski definition) is 1. The Kier molecular flexibility index (Phi) is 5.10. The molecule has 0 atom stereocenters. The van der Waals surface area contributed by atoms with E-state index in [2.05, 4.69) is 18.8 Å². The number of nitrogens with one attached hydrogen (secondary N) is 1. The molecule has 0 amide bonds. The largest absolute Gasteiger partial charge is 0.361 e. The van der Waals surface area contributed by atoms with Crippen molar-refractivity contribution >= 4 is 26.6 Å². The third-order valence-corrected chi connectivity index (χ3v) is 6.28. The number of sulfonamides is 1. The molecule has 26 heavy (non-hydrogen) atoms. The molecule has 1 N–H and O–H groups in total. The van der Waals surface area contributed by atoms with Crippen LogP contribution in [-0.4, -0.2) is 19.9 Å². The molecule has 0 bridgehead atoms. The minimum Gasteiger partial charge on any atom is -0.361 e. The Morgan fingerprint density at radius 2 is 1.65 bits per heavy atom. The van der Waals surface area contributed by atoms with E-state index in [1.807, 2.05) is 56.4 Å². The molecular formula is C21H26N2O2S. The SMILES string of the molecule is CC(C)CN(c1ccc(C(C)C)cc1)S(=O)(=O)c1ccc2[nH]ccc2c1. The number of hydrogen-bond acceptors (Lipinski definition) is 2. The molecule has 0 fully saturated rings. The van der Waals surface area contributed by atoms with E-state index in [1.165, 1.54) is 9.87 Å². The maximum Gasteiger partial charge on any atom is 0.264 e. The van der Waals surface area contributed by atoms with E-state index in [9.17, 15) is 8.42 Å². The number of anilines is 1. The zero-order valence-electron chi connectivity index (χ0n) is 15.7. The van der Waals surface area contributed by atoms with Gasteiger partial charge < -0.3 is 4.98 Å². The van der Waals surface area contributed by atoms with Gasteiger partial charge in [-0.1, -0.05) is 39.8 Å². The zero-order chi connectivity index (χ0) is 18.9. The maximum absolute atomic E-state index is 13.4. The molecule has 3 rings (SSSR count). The summed E-state index contributed by atoms with van der Waals surface area (Å²) in [4.78, 5) is 3.42. The number of aromatic nitrogens is 1. The van der Waals surface area contributed by atoms with E-state index in [4.69, 9.17) is 0 Å². The highest BCUT2D eigenvalue weighted by molar-refractivity contribution is 7.92. The van der Waals surface area contributed by atoms with Crippen molar-refractivity contribution in [2.24, 2.45) is 5.92 Å². The van der Waals surface area contributed by atoms with E-state index >= 15 is 0 Å². The smallest absolute Gasteiger partial charge is 0.264 e. The molecule has 0 unspecified atom stereocenters. The lowest BCUT2D eigenvalue weighted by Crippen LogP contribution is -2.34. The van der Waals surface area contributed by atoms with Crippen molar-refractivity contribution in [1.29, 1.82) is 0 Å². The van der Waals surface area contributed by atoms with Gasteiger partial charge in [0.25, 0.3) is 10.0 Å². The summed E-state index contributed by atoms with van der Waals surface area (Å²) in [6.07, 6.45) is 1.82. The highest BCUT2D eigenvalue weighted by atomic mass is 32.2. The van der Waals surface area contributed by atoms with Crippen LogP contribution in [0.25, 0.3) is 10.9 Å². The molecule has 4 nitrogen and oxygen atoms in total. The van der Waals surface area contributed by atoms with Crippen LogP contribution in [0.5, 0.6) is 0 Å². The van der Waals surface area contributed by atoms with E-state index in [0.717, 1.165) is 10.9 Å². The first-order chi connectivity index (χ1) is 12.3. The lowest BCUT2D eigenvalue weighted by Gasteiger charge is -2.26. The minimum absolute atomic E-state index is 0.213. The van der Waals surface area contributed by atoms with Crippen molar-refractivity contribution in [3.05, 3.63) is 60.3 Å². The summed E-state index contributed by atoms with van der Waals surface area (Å²) in [5.74, 6) is 0.626. The first kappa shape index (κ1) is 18.5. The van der Waals surface area contributed by atoms with E-state index < -0.39 is 10.0 Å². The fraction of sp³-hybridized carbons (Fsp3) is 0.333. The second kappa shape index (κ2) is 7.16. The van der Waals surface area contributed by atoms with Gasteiger partial charge in [-0.2, -0.15) is 0 Å². The number of rotatable bonds is 6. The number of benzene rings is 2. The van der Waals surface area contributed by atoms with Gasteiger partial charge in [-0.25, -0.2) is 8.42 Å². The molecule has 1 aromatic heterocycles. The number of H-pyrrole nitrogens is 1. The van der Waals surface area contributed by atoms with E-state index in [-0.39, 0.29) is 5.92 Å². The van der Waals surface area contributed by atoms with Gasteiger partial charge in [-0.3, -0.25) is 4.31 Å². The Balaban J connectivity index is 2.05. The zero-order valence-corrected chi connectivity index (χ0v) is 16.5. The number of fused-ring (bicyclic) bond motifs is 1. The first-order valence-corrected chi connectivity index (χ1v) is 10.4. The van der Waals surface area contributed by atoms with Crippen LogP contribution in [0.1, 0.15) is 39.2 Å². The summed E-state index contributed by atoms with van der Waals surface area (Å²) in [5.41, 5.74) is 2.84. The molecule has 138 valence electrons. The first-order valence-electron chi connectivity index (χ1n) is 8.99. The molecule has 3 aromatic rings.